The molecule has 6 nitrogen and oxygen atoms in total. The lowest BCUT2D eigenvalue weighted by molar-refractivity contribution is -0.126. The number of rotatable bonds is 8. The summed E-state index contributed by atoms with van der Waals surface area (Å²) >= 11 is 0. The Hall–Kier alpha value is -2.29. The van der Waals surface area contributed by atoms with Gasteiger partial charge in [-0.05, 0) is 55.3 Å². The molecule has 162 valence electrons. The molecule has 2 N–H and O–H groups in total. The number of carbonyl (C=O) groups excluding carboxylic acids is 1. The monoisotopic (exact) mass is 433 g/mol. The predicted octanol–water partition coefficient (Wildman–Crippen LogP) is 2.40. The molecule has 30 heavy (non-hydrogen) atoms. The number of sulfonamides is 1. The molecule has 0 aliphatic carbocycles. The number of carbonyl (C=O) groups is 1. The van der Waals surface area contributed by atoms with E-state index in [0.29, 0.717) is 25.2 Å². The van der Waals surface area contributed by atoms with E-state index in [9.17, 15) is 17.6 Å². The number of hydrogen-bond donors (Lipinski definition) is 2. The molecular weight excluding hydrogens is 405 g/mol. The van der Waals surface area contributed by atoms with E-state index in [4.69, 9.17) is 0 Å². The van der Waals surface area contributed by atoms with Crippen molar-refractivity contribution in [3.63, 3.8) is 0 Å². The van der Waals surface area contributed by atoms with Gasteiger partial charge in [-0.25, -0.2) is 17.5 Å². The van der Waals surface area contributed by atoms with Crippen molar-refractivity contribution in [2.75, 3.05) is 20.1 Å². The molecule has 0 spiro atoms. The maximum absolute atomic E-state index is 13.4. The Bertz CT molecular complexity index is 964. The number of piperidine rings is 1. The van der Waals surface area contributed by atoms with Gasteiger partial charge in [0.25, 0.3) is 0 Å². The van der Waals surface area contributed by atoms with E-state index < -0.39 is 10.0 Å². The van der Waals surface area contributed by atoms with Gasteiger partial charge in [0.1, 0.15) is 5.82 Å². The number of halogens is 1. The molecular formula is C22H28FN3O3S. The van der Waals surface area contributed by atoms with Crippen LogP contribution in [0, 0.1) is 11.7 Å². The number of hydrogen-bond acceptors (Lipinski definition) is 4. The Morgan fingerprint density at radius 3 is 2.57 bits per heavy atom. The van der Waals surface area contributed by atoms with Crippen LogP contribution in [0.25, 0.3) is 0 Å². The number of nitrogens with one attached hydrogen (secondary N) is 2. The highest BCUT2D eigenvalue weighted by atomic mass is 32.2. The summed E-state index contributed by atoms with van der Waals surface area (Å²) in [6, 6.07) is 13.8. The molecule has 1 aliphatic heterocycles. The molecule has 8 heteroatoms. The molecule has 1 atom stereocenters. The van der Waals surface area contributed by atoms with Crippen molar-refractivity contribution in [2.24, 2.45) is 5.92 Å². The van der Waals surface area contributed by atoms with Gasteiger partial charge in [0.05, 0.1) is 11.7 Å². The van der Waals surface area contributed by atoms with E-state index in [1.165, 1.54) is 19.2 Å². The zero-order valence-corrected chi connectivity index (χ0v) is 17.9. The van der Waals surface area contributed by atoms with Gasteiger partial charge in [-0.15, -0.1) is 0 Å². The normalized spacial score (nSPS) is 17.6. The first-order valence-electron chi connectivity index (χ1n) is 10.1. The van der Waals surface area contributed by atoms with Gasteiger partial charge in [0, 0.05) is 19.6 Å². The van der Waals surface area contributed by atoms with Crippen molar-refractivity contribution in [1.29, 1.82) is 0 Å². The second-order valence-electron chi connectivity index (χ2n) is 7.70. The molecule has 0 saturated carbocycles. The van der Waals surface area contributed by atoms with Crippen LogP contribution in [0.15, 0.2) is 48.5 Å². The summed E-state index contributed by atoms with van der Waals surface area (Å²) in [5, 5.41) is 2.98. The summed E-state index contributed by atoms with van der Waals surface area (Å²) in [6.07, 6.45) is 1.77. The van der Waals surface area contributed by atoms with Crippen LogP contribution in [0.2, 0.25) is 0 Å². The van der Waals surface area contributed by atoms with Gasteiger partial charge in [0.2, 0.25) is 15.9 Å². The molecule has 0 radical (unpaired) electrons. The minimum atomic E-state index is -3.30. The summed E-state index contributed by atoms with van der Waals surface area (Å²) in [4.78, 5) is 14.8. The maximum Gasteiger partial charge on any atom is 0.224 e. The van der Waals surface area contributed by atoms with Gasteiger partial charge in [-0.3, -0.25) is 9.69 Å². The Morgan fingerprint density at radius 2 is 1.87 bits per heavy atom. The van der Waals surface area contributed by atoms with Crippen molar-refractivity contribution >= 4 is 15.9 Å². The van der Waals surface area contributed by atoms with Crippen LogP contribution in [-0.2, 0) is 33.7 Å². The minimum Gasteiger partial charge on any atom is -0.352 e. The van der Waals surface area contributed by atoms with Gasteiger partial charge in [-0.2, -0.15) is 0 Å². The highest BCUT2D eigenvalue weighted by molar-refractivity contribution is 7.88. The first kappa shape index (κ1) is 22.4. The zero-order chi connectivity index (χ0) is 21.6. The fraction of sp³-hybridized carbons (Fsp3) is 0.409. The van der Waals surface area contributed by atoms with E-state index in [-0.39, 0.29) is 23.4 Å². The number of likely N-dealkylation sites (tertiary alicyclic amines) is 1. The van der Waals surface area contributed by atoms with E-state index in [1.807, 2.05) is 18.2 Å². The Kier molecular flexibility index (Phi) is 7.58. The van der Waals surface area contributed by atoms with Gasteiger partial charge < -0.3 is 5.32 Å². The first-order chi connectivity index (χ1) is 14.3. The SMILES string of the molecule is CNS(=O)(=O)Cc1ccc(CNC(=O)C2CCCN(Cc3cccc(F)c3)C2)cc1. The molecule has 1 heterocycles. The van der Waals surface area contributed by atoms with Crippen LogP contribution in [0.3, 0.4) is 0 Å². The second-order valence-corrected chi connectivity index (χ2v) is 9.63. The van der Waals surface area contributed by atoms with Crippen molar-refractivity contribution in [1.82, 2.24) is 14.9 Å². The van der Waals surface area contributed by atoms with Crippen molar-refractivity contribution in [3.8, 4) is 0 Å². The summed E-state index contributed by atoms with van der Waals surface area (Å²) in [7, 11) is -1.91. The average Bonchev–Trinajstić information content (AvgIpc) is 2.73. The lowest BCUT2D eigenvalue weighted by Gasteiger charge is -2.32. The van der Waals surface area contributed by atoms with Gasteiger partial charge >= 0.3 is 0 Å². The van der Waals surface area contributed by atoms with Crippen molar-refractivity contribution < 1.29 is 17.6 Å². The largest absolute Gasteiger partial charge is 0.352 e. The zero-order valence-electron chi connectivity index (χ0n) is 17.1. The standard InChI is InChI=1S/C22H28FN3O3S/c1-24-30(28,29)16-18-9-7-17(8-10-18)13-25-22(27)20-5-3-11-26(15-20)14-19-4-2-6-21(23)12-19/h2,4,6-10,12,20,24H,3,5,11,13-16H2,1H3,(H,25,27). The molecule has 1 aliphatic rings. The number of nitrogens with zero attached hydrogens (tertiary/aromatic N) is 1. The molecule has 2 aromatic rings. The Morgan fingerprint density at radius 1 is 1.13 bits per heavy atom. The Balaban J connectivity index is 1.49. The molecule has 1 amide bonds. The summed E-state index contributed by atoms with van der Waals surface area (Å²) in [5.41, 5.74) is 2.53. The van der Waals surface area contributed by atoms with Crippen LogP contribution < -0.4 is 10.0 Å². The quantitative estimate of drug-likeness (QED) is 0.670. The third-order valence-corrected chi connectivity index (χ3v) is 6.66. The van der Waals surface area contributed by atoms with Gasteiger partial charge in [-0.1, -0.05) is 36.4 Å². The first-order valence-corrected chi connectivity index (χ1v) is 11.7. The van der Waals surface area contributed by atoms with Crippen molar-refractivity contribution in [3.05, 3.63) is 71.0 Å². The van der Waals surface area contributed by atoms with Crippen LogP contribution >= 0.6 is 0 Å². The van der Waals surface area contributed by atoms with Gasteiger partial charge in [0.15, 0.2) is 0 Å². The van der Waals surface area contributed by atoms with Crippen LogP contribution in [0.5, 0.6) is 0 Å². The highest BCUT2D eigenvalue weighted by Crippen LogP contribution is 2.19. The number of amides is 1. The van der Waals surface area contributed by atoms with E-state index in [2.05, 4.69) is 14.9 Å². The highest BCUT2D eigenvalue weighted by Gasteiger charge is 2.25. The van der Waals surface area contributed by atoms with E-state index >= 15 is 0 Å². The Labute approximate surface area is 177 Å². The molecule has 0 aromatic heterocycles. The molecule has 1 saturated heterocycles. The topological polar surface area (TPSA) is 78.5 Å². The lowest BCUT2D eigenvalue weighted by Crippen LogP contribution is -2.42. The summed E-state index contributed by atoms with van der Waals surface area (Å²) < 4.78 is 38.9. The van der Waals surface area contributed by atoms with Crippen LogP contribution in [-0.4, -0.2) is 39.4 Å². The minimum absolute atomic E-state index is 0.0146. The lowest BCUT2D eigenvalue weighted by atomic mass is 9.96. The van der Waals surface area contributed by atoms with Crippen molar-refractivity contribution in [2.45, 2.75) is 31.7 Å². The molecule has 3 rings (SSSR count). The molecule has 2 aromatic carbocycles. The van der Waals surface area contributed by atoms with E-state index in [0.717, 1.165) is 30.5 Å². The maximum atomic E-state index is 13.4. The number of benzene rings is 2. The summed E-state index contributed by atoms with van der Waals surface area (Å²) in [5.74, 6) is -0.388. The third-order valence-electron chi connectivity index (χ3n) is 5.33. The predicted molar refractivity (Wildman–Crippen MR) is 114 cm³/mol. The summed E-state index contributed by atoms with van der Waals surface area (Å²) in [6.45, 7) is 2.59. The van der Waals surface area contributed by atoms with E-state index in [1.54, 1.807) is 18.2 Å². The fourth-order valence-electron chi connectivity index (χ4n) is 3.69. The van der Waals surface area contributed by atoms with Crippen LogP contribution in [0.1, 0.15) is 29.5 Å². The average molecular weight is 434 g/mol. The smallest absolute Gasteiger partial charge is 0.224 e. The third kappa shape index (κ3) is 6.62. The molecule has 1 fully saturated rings. The molecule has 1 unspecified atom stereocenters. The fourth-order valence-corrected chi connectivity index (χ4v) is 4.46. The molecule has 0 bridgehead atoms. The van der Waals surface area contributed by atoms with Crippen LogP contribution in [0.4, 0.5) is 4.39 Å². The second kappa shape index (κ2) is 10.1.